The van der Waals surface area contributed by atoms with E-state index in [4.69, 9.17) is 4.98 Å². The molecule has 2 bridgehead atoms. The van der Waals surface area contributed by atoms with Gasteiger partial charge in [-0.15, -0.1) is 0 Å². The van der Waals surface area contributed by atoms with Gasteiger partial charge in [0.2, 0.25) is 0 Å². The molecule has 1 aliphatic carbocycles. The van der Waals surface area contributed by atoms with Gasteiger partial charge in [0.15, 0.2) is 5.65 Å². The van der Waals surface area contributed by atoms with E-state index in [1.807, 2.05) is 17.3 Å². The Morgan fingerprint density at radius 1 is 1.17 bits per heavy atom. The number of amides is 1. The molecule has 1 atom stereocenters. The number of anilines is 1. The van der Waals surface area contributed by atoms with Gasteiger partial charge in [-0.1, -0.05) is 0 Å². The highest BCUT2D eigenvalue weighted by Crippen LogP contribution is 2.37. The lowest BCUT2D eigenvalue weighted by atomic mass is 10.0. The molecule has 30 heavy (non-hydrogen) atoms. The number of nitrogens with one attached hydrogen (secondary N) is 1. The van der Waals surface area contributed by atoms with E-state index in [2.05, 4.69) is 20.4 Å². The van der Waals surface area contributed by atoms with Crippen LogP contribution in [-0.2, 0) is 6.42 Å². The molecule has 1 N–H and O–H groups in total. The van der Waals surface area contributed by atoms with Gasteiger partial charge in [-0.05, 0) is 43.4 Å². The highest BCUT2D eigenvalue weighted by molar-refractivity contribution is 5.99. The maximum absolute atomic E-state index is 14.2. The van der Waals surface area contributed by atoms with Gasteiger partial charge in [0.25, 0.3) is 5.91 Å². The van der Waals surface area contributed by atoms with Crippen LogP contribution >= 0.6 is 0 Å². The van der Waals surface area contributed by atoms with E-state index in [1.165, 1.54) is 6.20 Å². The number of carbonyl (C=O) groups excluding carboxylic acids is 1. The number of rotatable bonds is 1. The van der Waals surface area contributed by atoms with Crippen molar-refractivity contribution in [2.75, 3.05) is 18.0 Å². The fourth-order valence-corrected chi connectivity index (χ4v) is 4.66. The molecule has 1 amide bonds. The zero-order valence-electron chi connectivity index (χ0n) is 16.5. The van der Waals surface area contributed by atoms with E-state index in [-0.39, 0.29) is 17.8 Å². The molecule has 3 aromatic heterocycles. The van der Waals surface area contributed by atoms with Gasteiger partial charge >= 0.3 is 0 Å². The molecule has 8 nitrogen and oxygen atoms in total. The molecule has 0 aromatic carbocycles. The fourth-order valence-electron chi connectivity index (χ4n) is 4.66. The summed E-state index contributed by atoms with van der Waals surface area (Å²) in [4.78, 5) is 24.5. The van der Waals surface area contributed by atoms with Gasteiger partial charge < -0.3 is 4.90 Å². The number of carbonyl (C=O) groups is 1. The summed E-state index contributed by atoms with van der Waals surface area (Å²) in [6.45, 7) is 1.46. The van der Waals surface area contributed by atoms with E-state index in [0.717, 1.165) is 49.3 Å². The first kappa shape index (κ1) is 17.8. The Kier molecular flexibility index (Phi) is 3.98. The van der Waals surface area contributed by atoms with Crippen molar-refractivity contribution in [3.05, 3.63) is 53.4 Å². The molecule has 0 unspecified atom stereocenters. The second-order valence-electron chi connectivity index (χ2n) is 8.27. The van der Waals surface area contributed by atoms with Gasteiger partial charge in [0.05, 0.1) is 18.4 Å². The van der Waals surface area contributed by atoms with Crippen LogP contribution < -0.4 is 10.3 Å². The van der Waals surface area contributed by atoms with Crippen LogP contribution in [0.25, 0.3) is 5.65 Å². The van der Waals surface area contributed by atoms with Crippen LogP contribution in [0.1, 0.15) is 53.3 Å². The third-order valence-electron chi connectivity index (χ3n) is 6.30. The molecule has 1 saturated heterocycles. The number of hydrogen-bond donors (Lipinski definition) is 1. The lowest BCUT2D eigenvalue weighted by Crippen LogP contribution is -2.45. The second-order valence-corrected chi connectivity index (χ2v) is 8.27. The van der Waals surface area contributed by atoms with E-state index in [1.54, 1.807) is 16.8 Å². The van der Waals surface area contributed by atoms with E-state index < -0.39 is 0 Å². The number of halogens is 1. The quantitative estimate of drug-likeness (QED) is 0.667. The summed E-state index contributed by atoms with van der Waals surface area (Å²) < 4.78 is 15.8. The zero-order chi connectivity index (χ0) is 20.2. The van der Waals surface area contributed by atoms with Gasteiger partial charge in [0.1, 0.15) is 17.2 Å². The minimum atomic E-state index is -0.321. The summed E-state index contributed by atoms with van der Waals surface area (Å²) >= 11 is 0. The molecular weight excluding hydrogens is 385 g/mol. The lowest BCUT2D eigenvalue weighted by Gasteiger charge is -2.28. The number of pyridine rings is 1. The summed E-state index contributed by atoms with van der Waals surface area (Å²) in [5, 5.41) is 6.29. The summed E-state index contributed by atoms with van der Waals surface area (Å²) in [5.41, 5.74) is 5.85. The minimum absolute atomic E-state index is 0.0170. The van der Waals surface area contributed by atoms with Crippen LogP contribution in [0.15, 0.2) is 30.7 Å². The predicted molar refractivity (Wildman–Crippen MR) is 107 cm³/mol. The second kappa shape index (κ2) is 6.73. The zero-order valence-corrected chi connectivity index (χ0v) is 16.5. The maximum Gasteiger partial charge on any atom is 0.271 e. The molecule has 0 spiro atoms. The van der Waals surface area contributed by atoms with Crippen LogP contribution in [0, 0.1) is 5.82 Å². The smallest absolute Gasteiger partial charge is 0.271 e. The Bertz CT molecular complexity index is 1140. The number of fused-ring (bicyclic) bond motifs is 5. The molecule has 5 heterocycles. The Morgan fingerprint density at radius 3 is 2.93 bits per heavy atom. The SMILES string of the molecule is O=C1NN(C2CC2)CCc2ncc(F)cc2[C@H]2CCCN2c2ccn3ncc1c3n2. The monoisotopic (exact) mass is 407 g/mol. The van der Waals surface area contributed by atoms with Crippen molar-refractivity contribution < 1.29 is 9.18 Å². The van der Waals surface area contributed by atoms with Crippen LogP contribution in [0.5, 0.6) is 0 Å². The van der Waals surface area contributed by atoms with Gasteiger partial charge in [-0.3, -0.25) is 15.2 Å². The Balaban J connectivity index is 1.51. The Hall–Kier alpha value is -3.07. The van der Waals surface area contributed by atoms with Crippen molar-refractivity contribution in [2.24, 2.45) is 0 Å². The molecule has 3 aliphatic rings. The van der Waals surface area contributed by atoms with Crippen molar-refractivity contribution in [1.82, 2.24) is 30.0 Å². The van der Waals surface area contributed by atoms with E-state index in [0.29, 0.717) is 30.2 Å². The van der Waals surface area contributed by atoms with Gasteiger partial charge in [-0.2, -0.15) is 5.10 Å². The molecule has 2 fully saturated rings. The summed E-state index contributed by atoms with van der Waals surface area (Å²) in [5.74, 6) is 0.248. The minimum Gasteiger partial charge on any atom is -0.349 e. The molecule has 9 heteroatoms. The number of aromatic nitrogens is 4. The molecule has 2 aliphatic heterocycles. The fraction of sp³-hybridized carbons (Fsp3) is 0.429. The van der Waals surface area contributed by atoms with Crippen molar-refractivity contribution in [1.29, 1.82) is 0 Å². The first-order valence-corrected chi connectivity index (χ1v) is 10.5. The molecule has 0 radical (unpaired) electrons. The van der Waals surface area contributed by atoms with Crippen LogP contribution in [-0.4, -0.2) is 49.6 Å². The van der Waals surface area contributed by atoms with Crippen LogP contribution in [0.4, 0.5) is 10.2 Å². The number of hydrogen-bond acceptors (Lipinski definition) is 6. The van der Waals surface area contributed by atoms with E-state index in [9.17, 15) is 9.18 Å². The van der Waals surface area contributed by atoms with Crippen LogP contribution in [0.3, 0.4) is 0 Å². The van der Waals surface area contributed by atoms with Gasteiger partial charge in [-0.25, -0.2) is 18.9 Å². The summed E-state index contributed by atoms with van der Waals surface area (Å²) in [6.07, 6.45) is 9.35. The largest absolute Gasteiger partial charge is 0.349 e. The standard InChI is InChI=1S/C21H22FN7O/c22-13-10-15-17(23-11-13)5-8-28(14-3-4-14)26-21(30)16-12-24-29-9-6-19(25-20(16)29)27-7-1-2-18(15)27/h6,9-12,14,18H,1-5,7-8H2,(H,26,30)/t18-/m1/s1. The Morgan fingerprint density at radius 2 is 2.07 bits per heavy atom. The van der Waals surface area contributed by atoms with Crippen molar-refractivity contribution >= 4 is 17.4 Å². The third kappa shape index (κ3) is 2.92. The molecule has 1 saturated carbocycles. The third-order valence-corrected chi connectivity index (χ3v) is 6.30. The summed E-state index contributed by atoms with van der Waals surface area (Å²) in [6, 6.07) is 3.87. The summed E-state index contributed by atoms with van der Waals surface area (Å²) in [7, 11) is 0. The molecule has 154 valence electrons. The van der Waals surface area contributed by atoms with Crippen LogP contribution in [0.2, 0.25) is 0 Å². The first-order valence-electron chi connectivity index (χ1n) is 10.5. The topological polar surface area (TPSA) is 78.7 Å². The average molecular weight is 407 g/mol. The molecule has 6 rings (SSSR count). The normalized spacial score (nSPS) is 22.2. The van der Waals surface area contributed by atoms with Gasteiger partial charge in [0, 0.05) is 37.4 Å². The first-order chi connectivity index (χ1) is 14.7. The number of nitrogens with zero attached hydrogens (tertiary/aromatic N) is 6. The maximum atomic E-state index is 14.2. The lowest BCUT2D eigenvalue weighted by molar-refractivity contribution is 0.0775. The van der Waals surface area contributed by atoms with Crippen molar-refractivity contribution in [3.63, 3.8) is 0 Å². The predicted octanol–water partition coefficient (Wildman–Crippen LogP) is 2.27. The average Bonchev–Trinajstić information content (AvgIpc) is 3.32. The highest BCUT2D eigenvalue weighted by Gasteiger charge is 2.34. The highest BCUT2D eigenvalue weighted by atomic mass is 19.1. The van der Waals surface area contributed by atoms with E-state index >= 15 is 0 Å². The number of hydrazine groups is 1. The molecule has 3 aromatic rings. The Labute approximate surface area is 172 Å². The molecular formula is C21H22FN7O. The van der Waals surface area contributed by atoms with Crippen molar-refractivity contribution in [2.45, 2.75) is 44.2 Å². The van der Waals surface area contributed by atoms with Crippen molar-refractivity contribution in [3.8, 4) is 0 Å².